The van der Waals surface area contributed by atoms with Gasteiger partial charge in [-0.25, -0.2) is 0 Å². The van der Waals surface area contributed by atoms with E-state index in [1.54, 1.807) is 0 Å². The van der Waals surface area contributed by atoms with Crippen molar-refractivity contribution in [2.24, 2.45) is 5.92 Å². The molecule has 0 heterocycles. The maximum atomic E-state index is 11.9. The molecule has 0 unspecified atom stereocenters. The molecular weight excluding hydrogens is 238 g/mol. The van der Waals surface area contributed by atoms with E-state index < -0.39 is 0 Å². The number of rotatable bonds is 9. The van der Waals surface area contributed by atoms with E-state index >= 15 is 0 Å². The molecule has 0 aromatic heterocycles. The molecule has 1 rings (SSSR count). The molecule has 0 atom stereocenters. The number of Topliss-reactive ketones (excluding diaryl/α,β-unsaturated/α-hetero) is 1. The Balaban J connectivity index is 2.36. The van der Waals surface area contributed by atoms with Crippen molar-refractivity contribution in [1.82, 2.24) is 5.32 Å². The number of benzene rings is 1. The van der Waals surface area contributed by atoms with Crippen LogP contribution in [0.25, 0.3) is 0 Å². The van der Waals surface area contributed by atoms with Gasteiger partial charge in [-0.2, -0.15) is 0 Å². The zero-order chi connectivity index (χ0) is 14.1. The van der Waals surface area contributed by atoms with Crippen LogP contribution >= 0.6 is 0 Å². The standard InChI is InChI=1S/C16H25NO2/c1-4-11-19-15-7-5-14(6-8-15)16(18)12-17-10-9-13(2)3/h5-8,13,17H,4,9-12H2,1-3H3. The first-order valence-electron chi connectivity index (χ1n) is 7.10. The Morgan fingerprint density at radius 3 is 2.53 bits per heavy atom. The Labute approximate surface area is 116 Å². The van der Waals surface area contributed by atoms with E-state index in [0.717, 1.165) is 30.7 Å². The van der Waals surface area contributed by atoms with Crippen molar-refractivity contribution < 1.29 is 9.53 Å². The highest BCUT2D eigenvalue weighted by atomic mass is 16.5. The predicted molar refractivity (Wildman–Crippen MR) is 78.9 cm³/mol. The van der Waals surface area contributed by atoms with Crippen molar-refractivity contribution in [3.05, 3.63) is 29.8 Å². The number of ether oxygens (including phenoxy) is 1. The third-order valence-electron chi connectivity index (χ3n) is 2.83. The molecule has 1 aromatic rings. The lowest BCUT2D eigenvalue weighted by atomic mass is 10.1. The third kappa shape index (κ3) is 6.39. The number of carbonyl (C=O) groups is 1. The minimum Gasteiger partial charge on any atom is -0.494 e. The molecule has 0 aliphatic carbocycles. The highest BCUT2D eigenvalue weighted by molar-refractivity contribution is 5.97. The molecule has 19 heavy (non-hydrogen) atoms. The van der Waals surface area contributed by atoms with Gasteiger partial charge in [-0.15, -0.1) is 0 Å². The first-order chi connectivity index (χ1) is 9.13. The summed E-state index contributed by atoms with van der Waals surface area (Å²) in [6, 6.07) is 7.38. The van der Waals surface area contributed by atoms with E-state index in [2.05, 4.69) is 26.1 Å². The van der Waals surface area contributed by atoms with Crippen LogP contribution in [0, 0.1) is 5.92 Å². The minimum atomic E-state index is 0.130. The van der Waals surface area contributed by atoms with Crippen LogP contribution in [0.15, 0.2) is 24.3 Å². The van der Waals surface area contributed by atoms with Crippen LogP contribution in [-0.2, 0) is 0 Å². The summed E-state index contributed by atoms with van der Waals surface area (Å²) in [7, 11) is 0. The lowest BCUT2D eigenvalue weighted by Gasteiger charge is -2.07. The molecule has 1 aromatic carbocycles. The van der Waals surface area contributed by atoms with Gasteiger partial charge in [-0.1, -0.05) is 20.8 Å². The van der Waals surface area contributed by atoms with Gasteiger partial charge in [0.25, 0.3) is 0 Å². The molecule has 0 radical (unpaired) electrons. The molecule has 0 fully saturated rings. The van der Waals surface area contributed by atoms with Gasteiger partial charge in [-0.05, 0) is 49.6 Å². The highest BCUT2D eigenvalue weighted by Crippen LogP contribution is 2.12. The van der Waals surface area contributed by atoms with Gasteiger partial charge in [0.15, 0.2) is 5.78 Å². The molecule has 0 bridgehead atoms. The second-order valence-corrected chi connectivity index (χ2v) is 5.16. The molecule has 106 valence electrons. The fourth-order valence-corrected chi connectivity index (χ4v) is 1.65. The predicted octanol–water partition coefficient (Wildman–Crippen LogP) is 3.29. The Morgan fingerprint density at radius 2 is 1.95 bits per heavy atom. The monoisotopic (exact) mass is 263 g/mol. The van der Waals surface area contributed by atoms with Gasteiger partial charge in [0.2, 0.25) is 0 Å². The number of hydrogen-bond donors (Lipinski definition) is 1. The van der Waals surface area contributed by atoms with Crippen molar-refractivity contribution in [2.75, 3.05) is 19.7 Å². The summed E-state index contributed by atoms with van der Waals surface area (Å²) in [5.74, 6) is 1.62. The highest BCUT2D eigenvalue weighted by Gasteiger charge is 2.05. The van der Waals surface area contributed by atoms with Gasteiger partial charge in [0.1, 0.15) is 5.75 Å². The Bertz CT molecular complexity index is 371. The van der Waals surface area contributed by atoms with Crippen molar-refractivity contribution in [1.29, 1.82) is 0 Å². The fraction of sp³-hybridized carbons (Fsp3) is 0.562. The average molecular weight is 263 g/mol. The lowest BCUT2D eigenvalue weighted by molar-refractivity contribution is 0.0991. The van der Waals surface area contributed by atoms with Crippen LogP contribution in [0.3, 0.4) is 0 Å². The second kappa shape index (κ2) is 8.70. The number of ketones is 1. The Hall–Kier alpha value is -1.35. The van der Waals surface area contributed by atoms with Gasteiger partial charge < -0.3 is 10.1 Å². The fourth-order valence-electron chi connectivity index (χ4n) is 1.65. The van der Waals surface area contributed by atoms with Crippen molar-refractivity contribution in [3.8, 4) is 5.75 Å². The topological polar surface area (TPSA) is 38.3 Å². The SMILES string of the molecule is CCCOc1ccc(C(=O)CNCCC(C)C)cc1. The molecule has 0 saturated heterocycles. The summed E-state index contributed by atoms with van der Waals surface area (Å²) < 4.78 is 5.49. The van der Waals surface area contributed by atoms with Gasteiger partial charge in [-0.3, -0.25) is 4.79 Å². The summed E-state index contributed by atoms with van der Waals surface area (Å²) in [4.78, 5) is 11.9. The Morgan fingerprint density at radius 1 is 1.26 bits per heavy atom. The van der Waals surface area contributed by atoms with Crippen LogP contribution in [0.2, 0.25) is 0 Å². The molecule has 3 nitrogen and oxygen atoms in total. The maximum Gasteiger partial charge on any atom is 0.176 e. The normalized spacial score (nSPS) is 10.7. The van der Waals surface area contributed by atoms with E-state index in [1.165, 1.54) is 0 Å². The third-order valence-corrected chi connectivity index (χ3v) is 2.83. The summed E-state index contributed by atoms with van der Waals surface area (Å²) in [5, 5.41) is 3.18. The number of nitrogens with one attached hydrogen (secondary N) is 1. The van der Waals surface area contributed by atoms with E-state index in [1.807, 2.05) is 24.3 Å². The average Bonchev–Trinajstić information content (AvgIpc) is 2.41. The molecule has 0 aliphatic rings. The number of carbonyl (C=O) groups excluding carboxylic acids is 1. The van der Waals surface area contributed by atoms with Gasteiger partial charge in [0, 0.05) is 5.56 Å². The zero-order valence-corrected chi connectivity index (χ0v) is 12.2. The van der Waals surface area contributed by atoms with E-state index in [-0.39, 0.29) is 5.78 Å². The van der Waals surface area contributed by atoms with Crippen LogP contribution in [0.5, 0.6) is 5.75 Å². The smallest absolute Gasteiger partial charge is 0.176 e. The molecule has 3 heteroatoms. The summed E-state index contributed by atoms with van der Waals surface area (Å²) in [6.07, 6.45) is 2.08. The maximum absolute atomic E-state index is 11.9. The van der Waals surface area contributed by atoms with Crippen molar-refractivity contribution in [3.63, 3.8) is 0 Å². The molecule has 0 spiro atoms. The lowest BCUT2D eigenvalue weighted by Crippen LogP contribution is -2.24. The first kappa shape index (κ1) is 15.7. The number of hydrogen-bond acceptors (Lipinski definition) is 3. The summed E-state index contributed by atoms with van der Waals surface area (Å²) >= 11 is 0. The van der Waals surface area contributed by atoms with Crippen molar-refractivity contribution in [2.45, 2.75) is 33.6 Å². The largest absolute Gasteiger partial charge is 0.494 e. The van der Waals surface area contributed by atoms with Crippen LogP contribution in [-0.4, -0.2) is 25.5 Å². The van der Waals surface area contributed by atoms with Crippen LogP contribution in [0.4, 0.5) is 0 Å². The van der Waals surface area contributed by atoms with Gasteiger partial charge >= 0.3 is 0 Å². The Kier molecular flexibility index (Phi) is 7.19. The first-order valence-corrected chi connectivity index (χ1v) is 7.10. The van der Waals surface area contributed by atoms with E-state index in [9.17, 15) is 4.79 Å². The summed E-state index contributed by atoms with van der Waals surface area (Å²) in [5.41, 5.74) is 0.737. The quantitative estimate of drug-likeness (QED) is 0.549. The van der Waals surface area contributed by atoms with Gasteiger partial charge in [0.05, 0.1) is 13.2 Å². The zero-order valence-electron chi connectivity index (χ0n) is 12.2. The van der Waals surface area contributed by atoms with Crippen molar-refractivity contribution >= 4 is 5.78 Å². The minimum absolute atomic E-state index is 0.130. The van der Waals surface area contributed by atoms with E-state index in [0.29, 0.717) is 19.1 Å². The van der Waals surface area contributed by atoms with E-state index in [4.69, 9.17) is 4.74 Å². The molecular formula is C16H25NO2. The molecule has 0 saturated carbocycles. The summed E-state index contributed by atoms with van der Waals surface area (Å²) in [6.45, 7) is 8.44. The molecule has 0 amide bonds. The second-order valence-electron chi connectivity index (χ2n) is 5.16. The van der Waals surface area contributed by atoms with Crippen LogP contribution in [0.1, 0.15) is 44.0 Å². The van der Waals surface area contributed by atoms with Crippen LogP contribution < -0.4 is 10.1 Å². The molecule has 1 N–H and O–H groups in total. The molecule has 0 aliphatic heterocycles.